The van der Waals surface area contributed by atoms with E-state index < -0.39 is 41.7 Å². The summed E-state index contributed by atoms with van der Waals surface area (Å²) in [5.74, 6) is -4.16. The fraction of sp³-hybridized carbons (Fsp3) is 0.321. The van der Waals surface area contributed by atoms with Crippen LogP contribution in [0.3, 0.4) is 0 Å². The highest BCUT2D eigenvalue weighted by atomic mass is 32.1. The van der Waals surface area contributed by atoms with Gasteiger partial charge in [0.15, 0.2) is 5.76 Å². The van der Waals surface area contributed by atoms with Gasteiger partial charge in [-0.15, -0.1) is 11.3 Å². The molecule has 2 heterocycles. The molecule has 188 valence electrons. The first-order valence-electron chi connectivity index (χ1n) is 12.2. The van der Waals surface area contributed by atoms with E-state index in [4.69, 9.17) is 4.42 Å². The van der Waals surface area contributed by atoms with Gasteiger partial charge in [0.1, 0.15) is 16.7 Å². The summed E-state index contributed by atoms with van der Waals surface area (Å²) < 4.78 is 35.0. The topological polar surface area (TPSA) is 95.1 Å². The number of hydrogen-bond acceptors (Lipinski definition) is 5. The number of rotatable bonds is 5. The molecule has 0 bridgehead atoms. The van der Waals surface area contributed by atoms with Crippen LogP contribution in [0.25, 0.3) is 32.2 Å². The van der Waals surface area contributed by atoms with Crippen molar-refractivity contribution in [3.05, 3.63) is 59.7 Å². The van der Waals surface area contributed by atoms with E-state index >= 15 is 0 Å². The number of fused-ring (bicyclic) bond motifs is 2. The predicted octanol–water partition coefficient (Wildman–Crippen LogP) is 6.16. The Morgan fingerprint density at radius 1 is 0.892 bits per heavy atom. The van der Waals surface area contributed by atoms with Crippen LogP contribution in [0.2, 0.25) is 0 Å². The molecule has 0 atom stereocenters. The molecule has 2 aromatic heterocycles. The molecule has 2 amide bonds. The van der Waals surface area contributed by atoms with Crippen molar-refractivity contribution in [2.75, 3.05) is 0 Å². The Labute approximate surface area is 215 Å². The molecule has 2 saturated carbocycles. The maximum absolute atomic E-state index is 14.0. The maximum Gasteiger partial charge on any atom is 0.287 e. The lowest BCUT2D eigenvalue weighted by Gasteiger charge is -2.39. The monoisotopic (exact) mass is 519 g/mol. The minimum Gasteiger partial charge on any atom is -0.451 e. The van der Waals surface area contributed by atoms with Crippen LogP contribution in [0.5, 0.6) is 0 Å². The van der Waals surface area contributed by atoms with Crippen molar-refractivity contribution in [2.24, 2.45) is 0 Å². The first-order valence-corrected chi connectivity index (χ1v) is 13.0. The van der Waals surface area contributed by atoms with Crippen LogP contribution >= 0.6 is 11.3 Å². The minimum absolute atomic E-state index is 0.00800. The number of carbonyl (C=O) groups excluding carboxylic acids is 2. The third-order valence-corrected chi connectivity index (χ3v) is 8.37. The summed E-state index contributed by atoms with van der Waals surface area (Å²) in [6, 6.07) is 17.6. The second-order valence-electron chi connectivity index (χ2n) is 10.1. The van der Waals surface area contributed by atoms with Gasteiger partial charge in [0, 0.05) is 22.9 Å². The van der Waals surface area contributed by atoms with Gasteiger partial charge in [0.25, 0.3) is 5.91 Å². The lowest BCUT2D eigenvalue weighted by atomic mass is 9.78. The number of benzene rings is 2. The van der Waals surface area contributed by atoms with E-state index in [9.17, 15) is 23.6 Å². The zero-order valence-corrected chi connectivity index (χ0v) is 20.6. The highest BCUT2D eigenvalue weighted by molar-refractivity contribution is 7.17. The zero-order chi connectivity index (χ0) is 25.8. The number of furan rings is 1. The van der Waals surface area contributed by atoms with Crippen LogP contribution in [0.1, 0.15) is 49.1 Å². The smallest absolute Gasteiger partial charge is 0.287 e. The Morgan fingerprint density at radius 3 is 2.35 bits per heavy atom. The standard InChI is InChI=1S/C28H23F2N3O3S/c29-28(30)10-8-27(9-11-28,25(35)33-26(16-31)6-7-26)32-24(34)22-15-19-2-1-18(14-21(19)36-22)17-3-4-23-20(13-17)5-12-37-23/h1-5,12-15H,6-11H2,(H,32,34)(H,33,35). The van der Waals surface area contributed by atoms with E-state index in [1.807, 2.05) is 29.6 Å². The first-order chi connectivity index (χ1) is 17.7. The van der Waals surface area contributed by atoms with Crippen LogP contribution in [0, 0.1) is 11.3 Å². The number of carbonyl (C=O) groups is 2. The number of alkyl halides is 2. The van der Waals surface area contributed by atoms with E-state index in [0.29, 0.717) is 23.8 Å². The number of thiophene rings is 1. The number of amides is 2. The fourth-order valence-corrected chi connectivity index (χ4v) is 5.70. The number of nitrogens with one attached hydrogen (secondary N) is 2. The van der Waals surface area contributed by atoms with E-state index in [2.05, 4.69) is 34.9 Å². The highest BCUT2D eigenvalue weighted by Crippen LogP contribution is 2.41. The third-order valence-electron chi connectivity index (χ3n) is 7.47. The molecule has 6 rings (SSSR count). The van der Waals surface area contributed by atoms with Crippen LogP contribution in [0.15, 0.2) is 58.3 Å². The van der Waals surface area contributed by atoms with Crippen molar-refractivity contribution >= 4 is 44.2 Å². The molecule has 0 saturated heterocycles. The molecule has 4 aromatic rings. The molecule has 2 fully saturated rings. The number of nitrogens with zero attached hydrogens (tertiary/aromatic N) is 1. The van der Waals surface area contributed by atoms with Gasteiger partial charge in [-0.05, 0) is 77.9 Å². The lowest BCUT2D eigenvalue weighted by molar-refractivity contribution is -0.133. The Balaban J connectivity index is 1.27. The summed E-state index contributed by atoms with van der Waals surface area (Å²) in [6.45, 7) is 0. The molecule has 2 aliphatic carbocycles. The van der Waals surface area contributed by atoms with Gasteiger partial charge in [-0.3, -0.25) is 9.59 Å². The molecule has 9 heteroatoms. The molecule has 2 N–H and O–H groups in total. The summed E-state index contributed by atoms with van der Waals surface area (Å²) in [5, 5.41) is 18.7. The largest absolute Gasteiger partial charge is 0.451 e. The number of nitriles is 1. The Kier molecular flexibility index (Phi) is 5.35. The van der Waals surface area contributed by atoms with Gasteiger partial charge in [0.2, 0.25) is 11.8 Å². The average molecular weight is 520 g/mol. The molecule has 37 heavy (non-hydrogen) atoms. The van der Waals surface area contributed by atoms with Crippen molar-refractivity contribution < 1.29 is 22.8 Å². The van der Waals surface area contributed by atoms with Crippen molar-refractivity contribution in [1.29, 1.82) is 5.26 Å². The van der Waals surface area contributed by atoms with E-state index in [-0.39, 0.29) is 18.6 Å². The quantitative estimate of drug-likeness (QED) is 0.330. The van der Waals surface area contributed by atoms with E-state index in [1.165, 1.54) is 4.70 Å². The summed E-state index contributed by atoms with van der Waals surface area (Å²) in [4.78, 5) is 26.4. The van der Waals surface area contributed by atoms with Crippen molar-refractivity contribution in [3.63, 3.8) is 0 Å². The van der Waals surface area contributed by atoms with Gasteiger partial charge in [-0.25, -0.2) is 8.78 Å². The molecule has 0 radical (unpaired) electrons. The van der Waals surface area contributed by atoms with Crippen LogP contribution in [-0.4, -0.2) is 28.8 Å². The summed E-state index contributed by atoms with van der Waals surface area (Å²) in [5.41, 5.74) is -0.0656. The molecule has 2 aromatic carbocycles. The Hall–Kier alpha value is -3.77. The second-order valence-corrected chi connectivity index (χ2v) is 11.0. The van der Waals surface area contributed by atoms with Crippen molar-refractivity contribution in [2.45, 2.75) is 55.5 Å². The number of halogens is 2. The predicted molar refractivity (Wildman–Crippen MR) is 136 cm³/mol. The van der Waals surface area contributed by atoms with Crippen molar-refractivity contribution in [3.8, 4) is 17.2 Å². The average Bonchev–Trinajstić information content (AvgIpc) is 3.29. The van der Waals surface area contributed by atoms with E-state index in [0.717, 1.165) is 16.5 Å². The van der Waals surface area contributed by atoms with Gasteiger partial charge in [-0.2, -0.15) is 5.26 Å². The number of hydrogen-bond donors (Lipinski definition) is 2. The van der Waals surface area contributed by atoms with Gasteiger partial charge >= 0.3 is 0 Å². The Bertz CT molecular complexity index is 1580. The molecule has 6 nitrogen and oxygen atoms in total. The molecular weight excluding hydrogens is 496 g/mol. The van der Waals surface area contributed by atoms with Crippen LogP contribution in [-0.2, 0) is 4.79 Å². The third kappa shape index (κ3) is 4.36. The zero-order valence-electron chi connectivity index (χ0n) is 19.8. The molecule has 0 unspecified atom stereocenters. The lowest BCUT2D eigenvalue weighted by Crippen LogP contribution is -2.62. The summed E-state index contributed by atoms with van der Waals surface area (Å²) >= 11 is 1.67. The second kappa shape index (κ2) is 8.38. The molecule has 0 spiro atoms. The van der Waals surface area contributed by atoms with E-state index in [1.54, 1.807) is 17.4 Å². The molecule has 0 aliphatic heterocycles. The molecular formula is C28H23F2N3O3S. The minimum atomic E-state index is -2.90. The van der Waals surface area contributed by atoms with Crippen molar-refractivity contribution in [1.82, 2.24) is 10.6 Å². The van der Waals surface area contributed by atoms with Crippen LogP contribution in [0.4, 0.5) is 8.78 Å². The highest BCUT2D eigenvalue weighted by Gasteiger charge is 2.53. The summed E-state index contributed by atoms with van der Waals surface area (Å²) in [7, 11) is 0. The maximum atomic E-state index is 14.0. The first kappa shape index (κ1) is 23.6. The SMILES string of the molecule is N#CC1(NC(=O)C2(NC(=O)c3cc4ccc(-c5ccc6sccc6c5)cc4o3)CCC(F)(F)CC2)CC1. The van der Waals surface area contributed by atoms with Gasteiger partial charge in [0.05, 0.1) is 6.07 Å². The van der Waals surface area contributed by atoms with Gasteiger partial charge < -0.3 is 15.1 Å². The fourth-order valence-electron chi connectivity index (χ4n) is 4.93. The van der Waals surface area contributed by atoms with Crippen LogP contribution < -0.4 is 10.6 Å². The van der Waals surface area contributed by atoms with Gasteiger partial charge in [-0.1, -0.05) is 18.2 Å². The Morgan fingerprint density at radius 2 is 1.62 bits per heavy atom. The normalized spacial score (nSPS) is 19.3. The molecule has 2 aliphatic rings. The summed E-state index contributed by atoms with van der Waals surface area (Å²) in [6.07, 6.45) is -0.513.